The lowest BCUT2D eigenvalue weighted by molar-refractivity contribution is 0.172. The zero-order valence-electron chi connectivity index (χ0n) is 19.7. The molecule has 0 saturated carbocycles. The number of ether oxygens (including phenoxy) is 2. The molecule has 5 heteroatoms. The van der Waals surface area contributed by atoms with Crippen LogP contribution in [0.1, 0.15) is 49.5 Å². The Morgan fingerprint density at radius 3 is 2.44 bits per heavy atom. The summed E-state index contributed by atoms with van der Waals surface area (Å²) in [5, 5.41) is 20.2. The van der Waals surface area contributed by atoms with Crippen molar-refractivity contribution in [3.8, 4) is 23.0 Å². The summed E-state index contributed by atoms with van der Waals surface area (Å²) < 4.78 is 12.5. The van der Waals surface area contributed by atoms with Crippen molar-refractivity contribution in [1.82, 2.24) is 4.90 Å². The summed E-state index contributed by atoms with van der Waals surface area (Å²) in [5.74, 6) is 1.97. The molecule has 2 N–H and O–H groups in total. The van der Waals surface area contributed by atoms with E-state index in [2.05, 4.69) is 11.8 Å². The fraction of sp³-hybridized carbons (Fsp3) is 0.310. The number of aromatic hydroxyl groups is 2. The van der Waals surface area contributed by atoms with Crippen LogP contribution >= 0.6 is 0 Å². The van der Waals surface area contributed by atoms with Crippen LogP contribution in [0.25, 0.3) is 11.1 Å². The van der Waals surface area contributed by atoms with Crippen molar-refractivity contribution in [3.63, 3.8) is 0 Å². The highest BCUT2D eigenvalue weighted by Gasteiger charge is 2.29. The Morgan fingerprint density at radius 2 is 1.71 bits per heavy atom. The van der Waals surface area contributed by atoms with Crippen molar-refractivity contribution in [1.29, 1.82) is 0 Å². The van der Waals surface area contributed by atoms with Crippen molar-refractivity contribution in [2.24, 2.45) is 0 Å². The number of nitrogens with zero attached hydrogens (tertiary/aromatic N) is 1. The summed E-state index contributed by atoms with van der Waals surface area (Å²) in [5.41, 5.74) is 4.70. The molecule has 1 saturated heterocycles. The van der Waals surface area contributed by atoms with Crippen LogP contribution in [-0.4, -0.2) is 40.9 Å². The Bertz CT molecular complexity index is 1200. The van der Waals surface area contributed by atoms with Gasteiger partial charge in [-0.15, -0.1) is 0 Å². The molecule has 0 radical (unpaired) electrons. The highest BCUT2D eigenvalue weighted by molar-refractivity contribution is 5.95. The molecular formula is C29H31NO4. The highest BCUT2D eigenvalue weighted by Crippen LogP contribution is 2.47. The van der Waals surface area contributed by atoms with Gasteiger partial charge in [0.15, 0.2) is 0 Å². The lowest BCUT2D eigenvalue weighted by Gasteiger charge is -2.31. The molecule has 0 aromatic heterocycles. The SMILES string of the molecule is CC1=C(c2cccc(O)c2)C(c2ccc(OC[C@H](C)N3CCCC3)cc2)Oc2ccc(O)cc21. The standard InChI is InChI=1S/C29H31NO4/c1-19(30-14-3-4-15-30)18-33-25-11-8-21(9-12-25)29-28(22-6-5-7-23(31)16-22)20(2)26-17-24(32)10-13-27(26)34-29/h5-13,16-17,19,29,31-32H,3-4,14-15,18H2,1-2H3/t19-,29?/m0/s1. The van der Waals surface area contributed by atoms with E-state index in [1.165, 1.54) is 12.8 Å². The summed E-state index contributed by atoms with van der Waals surface area (Å²) in [6.07, 6.45) is 2.20. The van der Waals surface area contributed by atoms with Crippen LogP contribution in [0.4, 0.5) is 0 Å². The van der Waals surface area contributed by atoms with E-state index in [-0.39, 0.29) is 17.6 Å². The van der Waals surface area contributed by atoms with E-state index in [1.54, 1.807) is 30.3 Å². The van der Waals surface area contributed by atoms with Crippen LogP contribution in [0.5, 0.6) is 23.0 Å². The van der Waals surface area contributed by atoms with Gasteiger partial charge in [0.1, 0.15) is 35.7 Å². The van der Waals surface area contributed by atoms with Crippen molar-refractivity contribution in [2.45, 2.75) is 38.8 Å². The number of phenolic OH excluding ortho intramolecular Hbond substituents is 2. The zero-order chi connectivity index (χ0) is 23.7. The number of benzene rings is 3. The quantitative estimate of drug-likeness (QED) is 0.474. The average Bonchev–Trinajstić information content (AvgIpc) is 3.38. The van der Waals surface area contributed by atoms with Gasteiger partial charge in [0.25, 0.3) is 0 Å². The third kappa shape index (κ3) is 4.48. The highest BCUT2D eigenvalue weighted by atomic mass is 16.5. The maximum absolute atomic E-state index is 10.1. The maximum Gasteiger partial charge on any atom is 0.150 e. The number of likely N-dealkylation sites (tertiary alicyclic amines) is 1. The Morgan fingerprint density at radius 1 is 0.971 bits per heavy atom. The maximum atomic E-state index is 10.1. The van der Waals surface area contributed by atoms with Gasteiger partial charge in [-0.3, -0.25) is 4.90 Å². The molecule has 2 atom stereocenters. The molecule has 5 rings (SSSR count). The minimum Gasteiger partial charge on any atom is -0.508 e. The van der Waals surface area contributed by atoms with Gasteiger partial charge in [0.2, 0.25) is 0 Å². The molecule has 0 amide bonds. The normalized spacial score (nSPS) is 18.9. The molecule has 0 bridgehead atoms. The number of hydrogen-bond acceptors (Lipinski definition) is 5. The van der Waals surface area contributed by atoms with Gasteiger partial charge in [-0.2, -0.15) is 0 Å². The van der Waals surface area contributed by atoms with Crippen LogP contribution in [0, 0.1) is 0 Å². The largest absolute Gasteiger partial charge is 0.508 e. The molecule has 0 spiro atoms. The molecule has 3 aromatic carbocycles. The third-order valence-corrected chi connectivity index (χ3v) is 6.87. The summed E-state index contributed by atoms with van der Waals surface area (Å²) >= 11 is 0. The van der Waals surface area contributed by atoms with Crippen LogP contribution in [0.3, 0.4) is 0 Å². The number of phenols is 2. The molecule has 1 fully saturated rings. The summed E-state index contributed by atoms with van der Waals surface area (Å²) in [7, 11) is 0. The second-order valence-electron chi connectivity index (χ2n) is 9.24. The van der Waals surface area contributed by atoms with Gasteiger partial charge >= 0.3 is 0 Å². The summed E-state index contributed by atoms with van der Waals surface area (Å²) in [4.78, 5) is 2.48. The van der Waals surface area contributed by atoms with E-state index in [9.17, 15) is 10.2 Å². The molecule has 5 nitrogen and oxygen atoms in total. The first-order valence-corrected chi connectivity index (χ1v) is 12.0. The van der Waals surface area contributed by atoms with E-state index < -0.39 is 0 Å². The average molecular weight is 458 g/mol. The predicted molar refractivity (Wildman–Crippen MR) is 134 cm³/mol. The minimum absolute atomic E-state index is 0.195. The zero-order valence-corrected chi connectivity index (χ0v) is 19.7. The number of fused-ring (bicyclic) bond motifs is 1. The number of hydrogen-bond donors (Lipinski definition) is 2. The molecule has 2 heterocycles. The number of allylic oxidation sites excluding steroid dienone is 1. The van der Waals surface area contributed by atoms with Crippen LogP contribution in [-0.2, 0) is 0 Å². The Balaban J connectivity index is 1.43. The summed E-state index contributed by atoms with van der Waals surface area (Å²) in [6.45, 7) is 7.24. The number of rotatable bonds is 6. The van der Waals surface area contributed by atoms with Crippen molar-refractivity contribution in [3.05, 3.63) is 83.4 Å². The van der Waals surface area contributed by atoms with Crippen LogP contribution in [0.2, 0.25) is 0 Å². The molecule has 34 heavy (non-hydrogen) atoms. The van der Waals surface area contributed by atoms with Crippen LogP contribution in [0.15, 0.2) is 66.7 Å². The fourth-order valence-corrected chi connectivity index (χ4v) is 4.96. The van der Waals surface area contributed by atoms with Gasteiger partial charge in [0, 0.05) is 17.2 Å². The first-order valence-electron chi connectivity index (χ1n) is 12.0. The molecule has 3 aromatic rings. The van der Waals surface area contributed by atoms with Gasteiger partial charge in [0.05, 0.1) is 0 Å². The second kappa shape index (κ2) is 9.43. The van der Waals surface area contributed by atoms with E-state index >= 15 is 0 Å². The Kier molecular flexibility index (Phi) is 6.20. The molecule has 1 unspecified atom stereocenters. The van der Waals surface area contributed by atoms with E-state index in [0.29, 0.717) is 12.6 Å². The third-order valence-electron chi connectivity index (χ3n) is 6.87. The second-order valence-corrected chi connectivity index (χ2v) is 9.24. The van der Waals surface area contributed by atoms with Gasteiger partial charge in [-0.1, -0.05) is 24.3 Å². The van der Waals surface area contributed by atoms with Crippen molar-refractivity contribution < 1.29 is 19.7 Å². The Hall–Kier alpha value is -3.44. The Labute approximate surface area is 200 Å². The monoisotopic (exact) mass is 457 g/mol. The predicted octanol–water partition coefficient (Wildman–Crippen LogP) is 6.03. The van der Waals surface area contributed by atoms with E-state index in [4.69, 9.17) is 9.47 Å². The molecule has 0 aliphatic carbocycles. The van der Waals surface area contributed by atoms with E-state index in [0.717, 1.165) is 52.4 Å². The smallest absolute Gasteiger partial charge is 0.150 e. The molecule has 176 valence electrons. The van der Waals surface area contributed by atoms with Crippen LogP contribution < -0.4 is 9.47 Å². The van der Waals surface area contributed by atoms with Gasteiger partial charge < -0.3 is 19.7 Å². The molecule has 2 aliphatic heterocycles. The fourth-order valence-electron chi connectivity index (χ4n) is 4.96. The topological polar surface area (TPSA) is 62.2 Å². The van der Waals surface area contributed by atoms with Crippen molar-refractivity contribution >= 4 is 11.1 Å². The lowest BCUT2D eigenvalue weighted by Crippen LogP contribution is -2.34. The van der Waals surface area contributed by atoms with Gasteiger partial charge in [-0.05, 0) is 98.9 Å². The minimum atomic E-state index is -0.351. The molecule has 2 aliphatic rings. The first kappa shape index (κ1) is 22.4. The van der Waals surface area contributed by atoms with E-state index in [1.807, 2.05) is 43.3 Å². The van der Waals surface area contributed by atoms with Gasteiger partial charge in [-0.25, -0.2) is 0 Å². The van der Waals surface area contributed by atoms with Crippen molar-refractivity contribution in [2.75, 3.05) is 19.7 Å². The lowest BCUT2D eigenvalue weighted by atomic mass is 9.86. The first-order chi connectivity index (χ1) is 16.5. The summed E-state index contributed by atoms with van der Waals surface area (Å²) in [6, 6.07) is 20.9. The molecular weight excluding hydrogens is 426 g/mol.